The monoisotopic (exact) mass is 411 g/mol. The average Bonchev–Trinajstić information content (AvgIpc) is 2.78. The number of anilines is 2. The van der Waals surface area contributed by atoms with Gasteiger partial charge in [-0.1, -0.05) is 6.92 Å². The van der Waals surface area contributed by atoms with Gasteiger partial charge in [-0.25, -0.2) is 9.78 Å². The number of nitrogens with zero attached hydrogens (tertiary/aromatic N) is 4. The summed E-state index contributed by atoms with van der Waals surface area (Å²) < 4.78 is 0. The van der Waals surface area contributed by atoms with Crippen LogP contribution in [0.1, 0.15) is 17.3 Å². The van der Waals surface area contributed by atoms with Crippen molar-refractivity contribution in [3.8, 4) is 0 Å². The Morgan fingerprint density at radius 1 is 1.07 bits per heavy atom. The number of urea groups is 1. The van der Waals surface area contributed by atoms with Crippen LogP contribution in [0.25, 0.3) is 0 Å². The van der Waals surface area contributed by atoms with Gasteiger partial charge in [-0.2, -0.15) is 0 Å². The Morgan fingerprint density at radius 2 is 1.83 bits per heavy atom. The molecule has 0 aliphatic carbocycles. The highest BCUT2D eigenvalue weighted by atomic mass is 32.2. The zero-order chi connectivity index (χ0) is 20.2. The van der Waals surface area contributed by atoms with Crippen molar-refractivity contribution in [1.82, 2.24) is 14.8 Å². The quantitative estimate of drug-likeness (QED) is 0.841. The number of likely N-dealkylation sites (N-methyl/N-ethyl adjacent to an activating group) is 1. The van der Waals surface area contributed by atoms with Gasteiger partial charge in [0.2, 0.25) is 0 Å². The van der Waals surface area contributed by atoms with Gasteiger partial charge in [-0.3, -0.25) is 9.69 Å². The van der Waals surface area contributed by atoms with Crippen LogP contribution in [0.15, 0.2) is 47.6 Å². The van der Waals surface area contributed by atoms with Crippen LogP contribution in [0.2, 0.25) is 0 Å². The van der Waals surface area contributed by atoms with Gasteiger partial charge in [0.05, 0.1) is 5.69 Å². The molecule has 7 nitrogen and oxygen atoms in total. The molecule has 1 N–H and O–H groups in total. The topological polar surface area (TPSA) is 68.8 Å². The first-order valence-electron chi connectivity index (χ1n) is 9.93. The Labute approximate surface area is 175 Å². The van der Waals surface area contributed by atoms with Gasteiger partial charge in [-0.05, 0) is 42.9 Å². The predicted octanol–water partition coefficient (Wildman–Crippen LogP) is 3.00. The molecule has 1 fully saturated rings. The molecule has 29 heavy (non-hydrogen) atoms. The Bertz CT molecular complexity index is 881. The molecule has 1 aromatic carbocycles. The number of thioether (sulfide) groups is 1. The molecule has 152 valence electrons. The van der Waals surface area contributed by atoms with Crippen molar-refractivity contribution in [2.45, 2.75) is 11.9 Å². The molecular weight excluding hydrogens is 386 g/mol. The molecule has 0 unspecified atom stereocenters. The SMILES string of the molecule is CCN1CCN(C(=O)c2ccc(NC(=O)N3CCSc4ncccc43)cc2)CC1. The third kappa shape index (κ3) is 4.38. The maximum Gasteiger partial charge on any atom is 0.326 e. The molecule has 4 rings (SSSR count). The lowest BCUT2D eigenvalue weighted by Crippen LogP contribution is -2.48. The van der Waals surface area contributed by atoms with Gasteiger partial charge in [0, 0.05) is 55.9 Å². The first-order chi connectivity index (χ1) is 14.2. The van der Waals surface area contributed by atoms with Crippen LogP contribution in [0, 0.1) is 0 Å². The minimum Gasteiger partial charge on any atom is -0.336 e. The molecular formula is C21H25N5O2S. The molecule has 0 saturated carbocycles. The molecule has 3 amide bonds. The van der Waals surface area contributed by atoms with Crippen molar-refractivity contribution < 1.29 is 9.59 Å². The second kappa shape index (κ2) is 8.84. The third-order valence-electron chi connectivity index (χ3n) is 5.33. The van der Waals surface area contributed by atoms with E-state index < -0.39 is 0 Å². The van der Waals surface area contributed by atoms with Crippen molar-refractivity contribution in [3.05, 3.63) is 48.2 Å². The smallest absolute Gasteiger partial charge is 0.326 e. The number of piperazine rings is 1. The number of rotatable bonds is 3. The van der Waals surface area contributed by atoms with E-state index in [0.29, 0.717) is 17.8 Å². The number of amides is 3. The average molecular weight is 412 g/mol. The highest BCUT2D eigenvalue weighted by Gasteiger charge is 2.24. The summed E-state index contributed by atoms with van der Waals surface area (Å²) in [6.07, 6.45) is 1.74. The summed E-state index contributed by atoms with van der Waals surface area (Å²) in [5.41, 5.74) is 2.15. The van der Waals surface area contributed by atoms with Gasteiger partial charge < -0.3 is 15.1 Å². The molecule has 1 saturated heterocycles. The first kappa shape index (κ1) is 19.7. The van der Waals surface area contributed by atoms with Crippen LogP contribution >= 0.6 is 11.8 Å². The standard InChI is InChI=1S/C21H25N5O2S/c1-2-24-10-12-25(13-11-24)20(27)16-5-7-17(8-6-16)23-21(28)26-14-15-29-19-18(26)4-3-9-22-19/h3-9H,2,10-15H2,1H3,(H,23,28). The highest BCUT2D eigenvalue weighted by molar-refractivity contribution is 7.99. The fourth-order valence-electron chi connectivity index (χ4n) is 3.60. The Morgan fingerprint density at radius 3 is 2.55 bits per heavy atom. The summed E-state index contributed by atoms with van der Waals surface area (Å²) in [6.45, 7) is 7.14. The van der Waals surface area contributed by atoms with Gasteiger partial charge in [0.1, 0.15) is 5.03 Å². The number of hydrogen-bond donors (Lipinski definition) is 1. The number of pyridine rings is 1. The molecule has 0 bridgehead atoms. The summed E-state index contributed by atoms with van der Waals surface area (Å²) in [5, 5.41) is 3.80. The number of benzene rings is 1. The number of fused-ring (bicyclic) bond motifs is 1. The zero-order valence-corrected chi connectivity index (χ0v) is 17.3. The second-order valence-corrected chi connectivity index (χ2v) is 8.15. The van der Waals surface area contributed by atoms with Crippen LogP contribution in [0.5, 0.6) is 0 Å². The third-order valence-corrected chi connectivity index (χ3v) is 6.31. The maximum atomic E-state index is 12.8. The van der Waals surface area contributed by atoms with E-state index in [2.05, 4.69) is 22.1 Å². The fraction of sp³-hybridized carbons (Fsp3) is 0.381. The second-order valence-electron chi connectivity index (χ2n) is 7.06. The van der Waals surface area contributed by atoms with Crippen molar-refractivity contribution in [2.75, 3.05) is 55.2 Å². The van der Waals surface area contributed by atoms with Gasteiger partial charge in [0.15, 0.2) is 0 Å². The molecule has 2 aliphatic heterocycles. The van der Waals surface area contributed by atoms with E-state index in [4.69, 9.17) is 0 Å². The zero-order valence-electron chi connectivity index (χ0n) is 16.5. The van der Waals surface area contributed by atoms with Crippen LogP contribution < -0.4 is 10.2 Å². The van der Waals surface area contributed by atoms with Gasteiger partial charge in [-0.15, -0.1) is 11.8 Å². The van der Waals surface area contributed by atoms with E-state index in [1.807, 2.05) is 17.0 Å². The van der Waals surface area contributed by atoms with Crippen LogP contribution in [0.4, 0.5) is 16.2 Å². The van der Waals surface area contributed by atoms with Crippen molar-refractivity contribution in [1.29, 1.82) is 0 Å². The maximum absolute atomic E-state index is 12.8. The molecule has 2 aliphatic rings. The lowest BCUT2D eigenvalue weighted by atomic mass is 10.1. The summed E-state index contributed by atoms with van der Waals surface area (Å²) in [4.78, 5) is 35.8. The van der Waals surface area contributed by atoms with E-state index in [1.165, 1.54) is 0 Å². The Kier molecular flexibility index (Phi) is 6.01. The van der Waals surface area contributed by atoms with Crippen LogP contribution in [0.3, 0.4) is 0 Å². The van der Waals surface area contributed by atoms with Crippen LogP contribution in [-0.2, 0) is 0 Å². The summed E-state index contributed by atoms with van der Waals surface area (Å²) in [7, 11) is 0. The summed E-state index contributed by atoms with van der Waals surface area (Å²) >= 11 is 1.66. The lowest BCUT2D eigenvalue weighted by molar-refractivity contribution is 0.0643. The predicted molar refractivity (Wildman–Crippen MR) is 116 cm³/mol. The minimum absolute atomic E-state index is 0.0479. The molecule has 2 aromatic rings. The Balaban J connectivity index is 1.39. The molecule has 8 heteroatoms. The number of aromatic nitrogens is 1. The first-order valence-corrected chi connectivity index (χ1v) is 10.9. The van der Waals surface area contributed by atoms with Crippen LogP contribution in [-0.4, -0.2) is 71.7 Å². The molecule has 0 atom stereocenters. The fourth-order valence-corrected chi connectivity index (χ4v) is 4.53. The highest BCUT2D eigenvalue weighted by Crippen LogP contribution is 2.32. The largest absolute Gasteiger partial charge is 0.336 e. The van der Waals surface area contributed by atoms with Crippen molar-refractivity contribution in [3.63, 3.8) is 0 Å². The molecule has 3 heterocycles. The van der Waals surface area contributed by atoms with Gasteiger partial charge in [0.25, 0.3) is 5.91 Å². The molecule has 1 aromatic heterocycles. The Hall–Kier alpha value is -2.58. The van der Waals surface area contributed by atoms with E-state index >= 15 is 0 Å². The number of hydrogen-bond acceptors (Lipinski definition) is 5. The van der Waals surface area contributed by atoms with E-state index in [-0.39, 0.29) is 11.9 Å². The summed E-state index contributed by atoms with van der Waals surface area (Å²) in [5.74, 6) is 0.864. The molecule has 0 spiro atoms. The van der Waals surface area contributed by atoms with E-state index in [0.717, 1.165) is 49.2 Å². The normalized spacial score (nSPS) is 17.0. The van der Waals surface area contributed by atoms with Gasteiger partial charge >= 0.3 is 6.03 Å². The molecule has 0 radical (unpaired) electrons. The summed E-state index contributed by atoms with van der Waals surface area (Å²) in [6, 6.07) is 10.7. The number of carbonyl (C=O) groups excluding carboxylic acids is 2. The van der Waals surface area contributed by atoms with E-state index in [1.54, 1.807) is 47.1 Å². The number of carbonyl (C=O) groups is 2. The van der Waals surface area contributed by atoms with E-state index in [9.17, 15) is 9.59 Å². The minimum atomic E-state index is -0.186. The lowest BCUT2D eigenvalue weighted by Gasteiger charge is -2.34. The van der Waals surface area contributed by atoms with Crippen molar-refractivity contribution >= 4 is 35.1 Å². The van der Waals surface area contributed by atoms with Crippen molar-refractivity contribution in [2.24, 2.45) is 0 Å². The number of nitrogens with one attached hydrogen (secondary N) is 1.